The van der Waals surface area contributed by atoms with Gasteiger partial charge in [0.1, 0.15) is 5.75 Å². The van der Waals surface area contributed by atoms with Crippen molar-refractivity contribution in [1.29, 1.82) is 0 Å². The highest BCUT2D eigenvalue weighted by Crippen LogP contribution is 2.26. The van der Waals surface area contributed by atoms with Gasteiger partial charge < -0.3 is 20.2 Å². The Morgan fingerprint density at radius 2 is 2.04 bits per heavy atom. The molecular formula is C15H16FN3O5S. The number of ether oxygens (including phenoxy) is 1. The molecule has 8 nitrogen and oxygen atoms in total. The van der Waals surface area contributed by atoms with Crippen molar-refractivity contribution in [3.8, 4) is 11.7 Å². The molecule has 0 fully saturated rings. The monoisotopic (exact) mass is 369 g/mol. The van der Waals surface area contributed by atoms with E-state index in [9.17, 15) is 18.7 Å². The minimum Gasteiger partial charge on any atom is -0.426 e. The summed E-state index contributed by atoms with van der Waals surface area (Å²) in [4.78, 5) is 23.2. The number of nitrogens with two attached hydrogens (primary N) is 1. The van der Waals surface area contributed by atoms with Gasteiger partial charge in [-0.2, -0.15) is 3.89 Å². The smallest absolute Gasteiger partial charge is 0.338 e. The molecule has 0 aliphatic carbocycles. The number of benzene rings is 1. The van der Waals surface area contributed by atoms with Crippen LogP contribution >= 0.6 is 12.1 Å². The van der Waals surface area contributed by atoms with Gasteiger partial charge in [0.05, 0.1) is 18.2 Å². The van der Waals surface area contributed by atoms with Crippen LogP contribution < -0.4 is 15.8 Å². The summed E-state index contributed by atoms with van der Waals surface area (Å²) in [7, 11) is 0. The summed E-state index contributed by atoms with van der Waals surface area (Å²) in [6.45, 7) is 1.47. The normalized spacial score (nSPS) is 11.6. The van der Waals surface area contributed by atoms with Crippen LogP contribution in [0.5, 0.6) is 11.7 Å². The first-order valence-corrected chi connectivity index (χ1v) is 7.84. The Bertz CT molecular complexity index is 737. The fourth-order valence-corrected chi connectivity index (χ4v) is 2.04. The summed E-state index contributed by atoms with van der Waals surface area (Å²) in [5, 5.41) is 12.1. The largest absolute Gasteiger partial charge is 0.426 e. The van der Waals surface area contributed by atoms with Crippen LogP contribution in [0.25, 0.3) is 0 Å². The van der Waals surface area contributed by atoms with Crippen LogP contribution in [0.2, 0.25) is 0 Å². The van der Waals surface area contributed by atoms with E-state index < -0.39 is 18.0 Å². The van der Waals surface area contributed by atoms with Crippen LogP contribution in [0, 0.1) is 0 Å². The molecule has 0 saturated heterocycles. The van der Waals surface area contributed by atoms with Gasteiger partial charge in [-0.15, -0.1) is 0 Å². The molecule has 2 rings (SSSR count). The number of halogens is 1. The Kier molecular flexibility index (Phi) is 6.25. The number of hydrogen-bond acceptors (Lipinski definition) is 6. The number of amides is 3. The Morgan fingerprint density at radius 1 is 1.36 bits per heavy atom. The zero-order valence-corrected chi connectivity index (χ0v) is 14.0. The minimum absolute atomic E-state index is 0.0123. The third kappa shape index (κ3) is 5.13. The molecule has 1 atom stereocenters. The highest BCUT2D eigenvalue weighted by Gasteiger charge is 2.18. The molecule has 2 aromatic rings. The molecule has 25 heavy (non-hydrogen) atoms. The lowest BCUT2D eigenvalue weighted by atomic mass is 10.3. The van der Waals surface area contributed by atoms with Gasteiger partial charge in [0.25, 0.3) is 11.9 Å². The maximum Gasteiger partial charge on any atom is 0.338 e. The Labute approximate surface area is 147 Å². The van der Waals surface area contributed by atoms with Gasteiger partial charge in [0, 0.05) is 17.5 Å². The predicted molar refractivity (Wildman–Crippen MR) is 87.2 cm³/mol. The summed E-state index contributed by atoms with van der Waals surface area (Å²) < 4.78 is 23.0. The van der Waals surface area contributed by atoms with Crippen molar-refractivity contribution >= 4 is 24.1 Å². The lowest BCUT2D eigenvalue weighted by Gasteiger charge is -2.20. The maximum absolute atomic E-state index is 12.4. The molecule has 0 spiro atoms. The number of hydrogen-bond donors (Lipinski definition) is 3. The number of primary amides is 1. The fourth-order valence-electron chi connectivity index (χ4n) is 1.80. The fraction of sp³-hybridized carbons (Fsp3) is 0.200. The van der Waals surface area contributed by atoms with Crippen LogP contribution in [0.1, 0.15) is 17.5 Å². The van der Waals surface area contributed by atoms with E-state index in [1.54, 1.807) is 12.1 Å². The van der Waals surface area contributed by atoms with Crippen LogP contribution in [0.15, 0.2) is 45.7 Å². The quantitative estimate of drug-likeness (QED) is 0.510. The van der Waals surface area contributed by atoms with Crippen molar-refractivity contribution in [2.24, 2.45) is 5.73 Å². The van der Waals surface area contributed by atoms with Gasteiger partial charge in [0.15, 0.2) is 5.76 Å². The zero-order chi connectivity index (χ0) is 18.4. The van der Waals surface area contributed by atoms with Crippen LogP contribution in [0.4, 0.5) is 8.68 Å². The van der Waals surface area contributed by atoms with Crippen molar-refractivity contribution in [2.75, 3.05) is 6.54 Å². The van der Waals surface area contributed by atoms with Gasteiger partial charge in [-0.05, 0) is 37.3 Å². The van der Waals surface area contributed by atoms with Gasteiger partial charge in [0.2, 0.25) is 0 Å². The molecule has 4 N–H and O–H groups in total. The summed E-state index contributed by atoms with van der Waals surface area (Å²) in [6, 6.07) is 7.34. The third-order valence-corrected chi connectivity index (χ3v) is 3.59. The van der Waals surface area contributed by atoms with E-state index in [0.717, 1.165) is 0 Å². The van der Waals surface area contributed by atoms with Crippen molar-refractivity contribution in [2.45, 2.75) is 17.9 Å². The number of nitrogens with one attached hydrogen (secondary N) is 1. The van der Waals surface area contributed by atoms with E-state index >= 15 is 0 Å². The van der Waals surface area contributed by atoms with Gasteiger partial charge in [-0.3, -0.25) is 10.0 Å². The molecule has 0 aliphatic rings. The number of carbonyl (C=O) groups excluding carboxylic acids is 2. The first-order valence-electron chi connectivity index (χ1n) is 7.12. The summed E-state index contributed by atoms with van der Waals surface area (Å²) in [6.07, 6.45) is 0. The minimum atomic E-state index is -1.02. The number of furan rings is 1. The topological polar surface area (TPSA) is 118 Å². The molecule has 1 aromatic carbocycles. The molecule has 0 unspecified atom stereocenters. The lowest BCUT2D eigenvalue weighted by molar-refractivity contribution is -0.0682. The number of urea groups is 1. The first-order chi connectivity index (χ1) is 11.9. The van der Waals surface area contributed by atoms with Crippen LogP contribution in [0.3, 0.4) is 0 Å². The standard InChI is InChI=1S/C15H16FN3O5S/c1-9(19(22)15(17)21)8-18-14(20)12-6-7-13(24-12)23-10-2-4-11(25-16)5-3-10/h2-7,9,22H,8H2,1H3,(H2,17,21)(H,18,20)/t9-/m0/s1. The van der Waals surface area contributed by atoms with E-state index in [0.29, 0.717) is 15.7 Å². The van der Waals surface area contributed by atoms with Crippen molar-refractivity contribution in [3.05, 3.63) is 42.2 Å². The lowest BCUT2D eigenvalue weighted by Crippen LogP contribution is -2.45. The molecule has 1 aromatic heterocycles. The van der Waals surface area contributed by atoms with E-state index in [1.807, 2.05) is 0 Å². The van der Waals surface area contributed by atoms with E-state index in [-0.39, 0.29) is 30.4 Å². The molecule has 134 valence electrons. The molecule has 0 saturated carbocycles. The number of hydroxylamine groups is 2. The van der Waals surface area contributed by atoms with E-state index in [4.69, 9.17) is 14.9 Å². The molecule has 0 aliphatic heterocycles. The summed E-state index contributed by atoms with van der Waals surface area (Å²) in [5.74, 6) is -0.0599. The van der Waals surface area contributed by atoms with Crippen LogP contribution in [-0.2, 0) is 0 Å². The predicted octanol–water partition coefficient (Wildman–Crippen LogP) is 2.94. The highest BCUT2D eigenvalue weighted by atomic mass is 32.2. The Balaban J connectivity index is 1.91. The van der Waals surface area contributed by atoms with Gasteiger partial charge >= 0.3 is 6.03 Å². The molecule has 0 radical (unpaired) electrons. The average molecular weight is 369 g/mol. The molecule has 0 bridgehead atoms. The molecule has 10 heteroatoms. The van der Waals surface area contributed by atoms with Crippen molar-refractivity contribution < 1.29 is 27.8 Å². The second-order valence-electron chi connectivity index (χ2n) is 5.01. The summed E-state index contributed by atoms with van der Waals surface area (Å²) >= 11 is 0.121. The Morgan fingerprint density at radius 3 is 2.64 bits per heavy atom. The molecular weight excluding hydrogens is 353 g/mol. The van der Waals surface area contributed by atoms with Gasteiger partial charge in [-0.25, -0.2) is 9.86 Å². The molecule has 1 heterocycles. The maximum atomic E-state index is 12.4. The van der Waals surface area contributed by atoms with Crippen molar-refractivity contribution in [3.63, 3.8) is 0 Å². The second-order valence-corrected chi connectivity index (χ2v) is 5.64. The van der Waals surface area contributed by atoms with Crippen LogP contribution in [-0.4, -0.2) is 34.8 Å². The SMILES string of the molecule is C[C@@H](CNC(=O)c1ccc(Oc2ccc(SF)cc2)o1)N(O)C(N)=O. The number of carbonyl (C=O) groups is 2. The van der Waals surface area contributed by atoms with E-state index in [1.165, 1.54) is 31.2 Å². The van der Waals surface area contributed by atoms with E-state index in [2.05, 4.69) is 5.32 Å². The van der Waals surface area contributed by atoms with Gasteiger partial charge in [-0.1, -0.05) is 0 Å². The number of nitrogens with zero attached hydrogens (tertiary/aromatic N) is 1. The summed E-state index contributed by atoms with van der Waals surface area (Å²) in [5.41, 5.74) is 4.92. The Hall–Kier alpha value is -2.72. The second kappa shape index (κ2) is 8.40. The number of rotatable bonds is 7. The average Bonchev–Trinajstić information content (AvgIpc) is 3.07. The first kappa shape index (κ1) is 18.6. The third-order valence-electron chi connectivity index (χ3n) is 3.14. The highest BCUT2D eigenvalue weighted by molar-refractivity contribution is 7.94. The zero-order valence-electron chi connectivity index (χ0n) is 13.1. The molecule has 3 amide bonds. The van der Waals surface area contributed by atoms with Crippen molar-refractivity contribution in [1.82, 2.24) is 10.4 Å².